The van der Waals surface area contributed by atoms with Crippen LogP contribution in [0.2, 0.25) is 0 Å². The van der Waals surface area contributed by atoms with E-state index in [2.05, 4.69) is 48.4 Å². The van der Waals surface area contributed by atoms with Crippen LogP contribution >= 0.6 is 0 Å². The smallest absolute Gasteiger partial charge is 0.255 e. The summed E-state index contributed by atoms with van der Waals surface area (Å²) in [6, 6.07) is 16.4. The molecule has 0 bridgehead atoms. The van der Waals surface area contributed by atoms with Gasteiger partial charge < -0.3 is 10.6 Å². The molecule has 5 heteroatoms. The maximum absolute atomic E-state index is 12.8. The lowest BCUT2D eigenvalue weighted by Gasteiger charge is -2.32. The SMILES string of the molecule is CC(C)(C)c1ccc(C(=O)Nc2cccc(CN3CCC(C(=O)NC4CCCCC4)CC3)c2)cc1. The van der Waals surface area contributed by atoms with E-state index in [-0.39, 0.29) is 23.1 Å². The third kappa shape index (κ3) is 7.17. The van der Waals surface area contributed by atoms with Crippen molar-refractivity contribution in [3.8, 4) is 0 Å². The van der Waals surface area contributed by atoms with Gasteiger partial charge in [0.2, 0.25) is 5.91 Å². The Balaban J connectivity index is 1.26. The number of nitrogens with zero attached hydrogens (tertiary/aromatic N) is 1. The Hall–Kier alpha value is -2.66. The molecule has 35 heavy (non-hydrogen) atoms. The maximum atomic E-state index is 12.8. The molecule has 2 aromatic carbocycles. The van der Waals surface area contributed by atoms with E-state index in [1.54, 1.807) is 0 Å². The van der Waals surface area contributed by atoms with Crippen molar-refractivity contribution < 1.29 is 9.59 Å². The van der Waals surface area contributed by atoms with E-state index >= 15 is 0 Å². The van der Waals surface area contributed by atoms with Crippen molar-refractivity contribution in [2.45, 2.75) is 83.7 Å². The lowest BCUT2D eigenvalue weighted by molar-refractivity contribution is -0.127. The summed E-state index contributed by atoms with van der Waals surface area (Å²) in [6.07, 6.45) is 7.90. The molecule has 0 radical (unpaired) electrons. The number of rotatable bonds is 6. The summed E-state index contributed by atoms with van der Waals surface area (Å²) in [6.45, 7) is 9.20. The van der Waals surface area contributed by atoms with Crippen molar-refractivity contribution in [1.29, 1.82) is 0 Å². The molecular weight excluding hydrogens is 434 g/mol. The Morgan fingerprint density at radius 1 is 0.914 bits per heavy atom. The molecule has 0 atom stereocenters. The number of carbonyl (C=O) groups excluding carboxylic acids is 2. The Bertz CT molecular complexity index is 995. The summed E-state index contributed by atoms with van der Waals surface area (Å²) in [5, 5.41) is 6.35. The number of benzene rings is 2. The van der Waals surface area contributed by atoms with Gasteiger partial charge in [0.05, 0.1) is 0 Å². The Morgan fingerprint density at radius 3 is 2.26 bits per heavy atom. The zero-order valence-electron chi connectivity index (χ0n) is 21.6. The van der Waals surface area contributed by atoms with Crippen LogP contribution in [0.4, 0.5) is 5.69 Å². The molecular formula is C30H41N3O2. The van der Waals surface area contributed by atoms with E-state index in [0.717, 1.165) is 51.0 Å². The minimum Gasteiger partial charge on any atom is -0.353 e. The third-order valence-corrected chi connectivity index (χ3v) is 7.51. The Kier molecular flexibility index (Phi) is 8.27. The molecule has 1 aliphatic heterocycles. The first-order valence-electron chi connectivity index (χ1n) is 13.3. The highest BCUT2D eigenvalue weighted by molar-refractivity contribution is 6.04. The van der Waals surface area contributed by atoms with Crippen LogP contribution in [0.1, 0.15) is 87.2 Å². The molecule has 1 saturated heterocycles. The fraction of sp³-hybridized carbons (Fsp3) is 0.533. The van der Waals surface area contributed by atoms with E-state index in [0.29, 0.717) is 11.6 Å². The molecule has 2 fully saturated rings. The van der Waals surface area contributed by atoms with Crippen molar-refractivity contribution in [2.24, 2.45) is 5.92 Å². The van der Waals surface area contributed by atoms with Crippen molar-refractivity contribution in [1.82, 2.24) is 10.2 Å². The zero-order chi connectivity index (χ0) is 24.8. The largest absolute Gasteiger partial charge is 0.353 e. The predicted octanol–water partition coefficient (Wildman–Crippen LogP) is 5.90. The maximum Gasteiger partial charge on any atom is 0.255 e. The summed E-state index contributed by atoms with van der Waals surface area (Å²) < 4.78 is 0. The number of carbonyl (C=O) groups is 2. The highest BCUT2D eigenvalue weighted by Crippen LogP contribution is 2.24. The minimum atomic E-state index is -0.0904. The number of likely N-dealkylation sites (tertiary alicyclic amines) is 1. The molecule has 0 unspecified atom stereocenters. The second kappa shape index (κ2) is 11.4. The van der Waals surface area contributed by atoms with Gasteiger partial charge in [-0.2, -0.15) is 0 Å². The van der Waals surface area contributed by atoms with Gasteiger partial charge in [0.15, 0.2) is 0 Å². The number of piperidine rings is 1. The standard InChI is InChI=1S/C30H41N3O2/c1-30(2,3)25-14-12-23(13-15-25)28(34)32-27-11-7-8-22(20-27)21-33-18-16-24(17-19-33)29(35)31-26-9-5-4-6-10-26/h7-8,11-15,20,24,26H,4-6,9-10,16-19,21H2,1-3H3,(H,31,35)(H,32,34). The first kappa shape index (κ1) is 25.4. The molecule has 2 N–H and O–H groups in total. The highest BCUT2D eigenvalue weighted by Gasteiger charge is 2.27. The molecule has 2 aromatic rings. The normalized spacial score (nSPS) is 18.3. The summed E-state index contributed by atoms with van der Waals surface area (Å²) in [5.74, 6) is 0.313. The Labute approximate surface area is 210 Å². The number of hydrogen-bond donors (Lipinski definition) is 2. The first-order valence-corrected chi connectivity index (χ1v) is 13.3. The molecule has 4 rings (SSSR count). The lowest BCUT2D eigenvalue weighted by Crippen LogP contribution is -2.44. The molecule has 1 aliphatic carbocycles. The van der Waals surface area contributed by atoms with E-state index in [9.17, 15) is 9.59 Å². The van der Waals surface area contributed by atoms with Gasteiger partial charge >= 0.3 is 0 Å². The van der Waals surface area contributed by atoms with Gasteiger partial charge in [-0.15, -0.1) is 0 Å². The van der Waals surface area contributed by atoms with E-state index in [4.69, 9.17) is 0 Å². The van der Waals surface area contributed by atoms with Crippen molar-refractivity contribution >= 4 is 17.5 Å². The van der Waals surface area contributed by atoms with Crippen molar-refractivity contribution in [2.75, 3.05) is 18.4 Å². The molecule has 0 aromatic heterocycles. The molecule has 5 nitrogen and oxygen atoms in total. The number of nitrogens with one attached hydrogen (secondary N) is 2. The van der Waals surface area contributed by atoms with Crippen LogP contribution in [0.5, 0.6) is 0 Å². The second-order valence-corrected chi connectivity index (χ2v) is 11.4. The quantitative estimate of drug-likeness (QED) is 0.547. The molecule has 1 saturated carbocycles. The molecule has 2 aliphatic rings. The third-order valence-electron chi connectivity index (χ3n) is 7.51. The van der Waals surface area contributed by atoms with Gasteiger partial charge in [0.25, 0.3) is 5.91 Å². The first-order chi connectivity index (χ1) is 16.8. The van der Waals surface area contributed by atoms with Gasteiger partial charge in [0.1, 0.15) is 0 Å². The van der Waals surface area contributed by atoms with Gasteiger partial charge in [-0.3, -0.25) is 14.5 Å². The second-order valence-electron chi connectivity index (χ2n) is 11.4. The minimum absolute atomic E-state index is 0.0665. The summed E-state index contributed by atoms with van der Waals surface area (Å²) in [4.78, 5) is 27.9. The number of amides is 2. The van der Waals surface area contributed by atoms with Gasteiger partial charge in [-0.05, 0) is 79.6 Å². The van der Waals surface area contributed by atoms with Crippen LogP contribution in [0.25, 0.3) is 0 Å². The van der Waals surface area contributed by atoms with E-state index in [1.165, 1.54) is 30.4 Å². The lowest BCUT2D eigenvalue weighted by atomic mass is 9.87. The van der Waals surface area contributed by atoms with Crippen LogP contribution in [-0.2, 0) is 16.8 Å². The topological polar surface area (TPSA) is 61.4 Å². The van der Waals surface area contributed by atoms with Crippen LogP contribution < -0.4 is 10.6 Å². The van der Waals surface area contributed by atoms with Crippen LogP contribution in [-0.4, -0.2) is 35.8 Å². The van der Waals surface area contributed by atoms with Crippen molar-refractivity contribution in [3.63, 3.8) is 0 Å². The van der Waals surface area contributed by atoms with Gasteiger partial charge in [-0.1, -0.05) is 64.3 Å². The predicted molar refractivity (Wildman–Crippen MR) is 143 cm³/mol. The number of hydrogen-bond acceptors (Lipinski definition) is 3. The molecule has 0 spiro atoms. The summed E-state index contributed by atoms with van der Waals surface area (Å²) in [7, 11) is 0. The molecule has 188 valence electrons. The fourth-order valence-electron chi connectivity index (χ4n) is 5.25. The molecule has 1 heterocycles. The fourth-order valence-corrected chi connectivity index (χ4v) is 5.25. The van der Waals surface area contributed by atoms with E-state index in [1.807, 2.05) is 36.4 Å². The summed E-state index contributed by atoms with van der Waals surface area (Å²) in [5.41, 5.74) is 3.94. The van der Waals surface area contributed by atoms with Crippen molar-refractivity contribution in [3.05, 3.63) is 65.2 Å². The zero-order valence-corrected chi connectivity index (χ0v) is 21.6. The Morgan fingerprint density at radius 2 is 1.60 bits per heavy atom. The van der Waals surface area contributed by atoms with Crippen LogP contribution in [0.15, 0.2) is 48.5 Å². The monoisotopic (exact) mass is 475 g/mol. The van der Waals surface area contributed by atoms with Crippen LogP contribution in [0, 0.1) is 5.92 Å². The van der Waals surface area contributed by atoms with Gasteiger partial charge in [0, 0.05) is 29.8 Å². The van der Waals surface area contributed by atoms with Crippen LogP contribution in [0.3, 0.4) is 0 Å². The van der Waals surface area contributed by atoms with Gasteiger partial charge in [-0.25, -0.2) is 0 Å². The van der Waals surface area contributed by atoms with E-state index < -0.39 is 0 Å². The highest BCUT2D eigenvalue weighted by atomic mass is 16.2. The molecule has 2 amide bonds. The number of anilines is 1. The average molecular weight is 476 g/mol. The average Bonchev–Trinajstić information content (AvgIpc) is 2.85. The summed E-state index contributed by atoms with van der Waals surface area (Å²) >= 11 is 0.